The van der Waals surface area contributed by atoms with Crippen molar-refractivity contribution in [2.75, 3.05) is 36.8 Å². The van der Waals surface area contributed by atoms with Crippen molar-refractivity contribution >= 4 is 33.1 Å². The first-order chi connectivity index (χ1) is 10.8. The predicted molar refractivity (Wildman–Crippen MR) is 92.3 cm³/mol. The maximum absolute atomic E-state index is 5.83. The maximum Gasteiger partial charge on any atom is 0.128 e. The molecular weight excluding hydrogens is 294 g/mol. The van der Waals surface area contributed by atoms with E-state index in [4.69, 9.17) is 5.73 Å². The molecule has 1 aliphatic rings. The van der Waals surface area contributed by atoms with Crippen LogP contribution in [0, 0.1) is 0 Å². The van der Waals surface area contributed by atoms with Gasteiger partial charge in [0.05, 0.1) is 10.2 Å². The van der Waals surface area contributed by atoms with Crippen molar-refractivity contribution in [1.82, 2.24) is 15.3 Å². The van der Waals surface area contributed by atoms with Crippen molar-refractivity contribution in [2.45, 2.75) is 0 Å². The van der Waals surface area contributed by atoms with Gasteiger partial charge in [0.25, 0.3) is 0 Å². The van der Waals surface area contributed by atoms with Crippen LogP contribution in [0.5, 0.6) is 0 Å². The van der Waals surface area contributed by atoms with Crippen LogP contribution >= 0.6 is 11.3 Å². The Hall–Kier alpha value is -2.18. The van der Waals surface area contributed by atoms with E-state index >= 15 is 0 Å². The normalized spacial score (nSPS) is 15.4. The number of nitrogens with one attached hydrogen (secondary N) is 1. The van der Waals surface area contributed by atoms with Crippen LogP contribution in [0.2, 0.25) is 0 Å². The molecule has 0 saturated carbocycles. The lowest BCUT2D eigenvalue weighted by Crippen LogP contribution is -2.43. The van der Waals surface area contributed by atoms with E-state index in [2.05, 4.69) is 32.3 Å². The molecule has 0 unspecified atom stereocenters. The Labute approximate surface area is 132 Å². The summed E-state index contributed by atoms with van der Waals surface area (Å²) in [6.45, 7) is 4.05. The van der Waals surface area contributed by atoms with Gasteiger partial charge in [-0.2, -0.15) is 0 Å². The van der Waals surface area contributed by atoms with Crippen molar-refractivity contribution in [3.63, 3.8) is 0 Å². The zero-order chi connectivity index (χ0) is 14.9. The first-order valence-electron chi connectivity index (χ1n) is 7.38. The molecule has 3 N–H and O–H groups in total. The van der Waals surface area contributed by atoms with Crippen LogP contribution in [-0.2, 0) is 0 Å². The molecule has 1 saturated heterocycles. The standard InChI is InChI=1S/C16H17N5S/c17-12-2-3-13-14(9-12)22-16(20-13)11-1-4-15(19-10-11)21-7-5-18-6-8-21/h1-4,9-10,18H,5-8,17H2. The van der Waals surface area contributed by atoms with Crippen LogP contribution in [0.1, 0.15) is 0 Å². The average Bonchev–Trinajstić information content (AvgIpc) is 2.99. The monoisotopic (exact) mass is 311 g/mol. The van der Waals surface area contributed by atoms with Crippen molar-refractivity contribution in [2.24, 2.45) is 0 Å². The lowest BCUT2D eigenvalue weighted by Gasteiger charge is -2.28. The zero-order valence-electron chi connectivity index (χ0n) is 12.1. The van der Waals surface area contributed by atoms with Crippen LogP contribution in [0.25, 0.3) is 20.8 Å². The summed E-state index contributed by atoms with van der Waals surface area (Å²) < 4.78 is 1.11. The largest absolute Gasteiger partial charge is 0.399 e. The fraction of sp³-hybridized carbons (Fsp3) is 0.250. The third-order valence-electron chi connectivity index (χ3n) is 3.85. The minimum Gasteiger partial charge on any atom is -0.399 e. The van der Waals surface area contributed by atoms with Gasteiger partial charge in [0, 0.05) is 43.6 Å². The number of pyridine rings is 1. The maximum atomic E-state index is 5.83. The average molecular weight is 311 g/mol. The van der Waals surface area contributed by atoms with Gasteiger partial charge < -0.3 is 16.0 Å². The molecule has 0 amide bonds. The van der Waals surface area contributed by atoms with E-state index in [-0.39, 0.29) is 0 Å². The lowest BCUT2D eigenvalue weighted by atomic mass is 10.2. The van der Waals surface area contributed by atoms with Gasteiger partial charge in [0.1, 0.15) is 10.8 Å². The highest BCUT2D eigenvalue weighted by atomic mass is 32.1. The van der Waals surface area contributed by atoms with E-state index in [1.165, 1.54) is 0 Å². The summed E-state index contributed by atoms with van der Waals surface area (Å²) in [5.74, 6) is 1.04. The third-order valence-corrected chi connectivity index (χ3v) is 4.92. The van der Waals surface area contributed by atoms with E-state index in [0.29, 0.717) is 0 Å². The number of nitrogens with zero attached hydrogens (tertiary/aromatic N) is 3. The number of anilines is 2. The summed E-state index contributed by atoms with van der Waals surface area (Å²) in [4.78, 5) is 11.6. The Morgan fingerprint density at radius 2 is 2.00 bits per heavy atom. The molecule has 0 aliphatic carbocycles. The molecular formula is C16H17N5S. The molecule has 22 heavy (non-hydrogen) atoms. The first kappa shape index (κ1) is 13.5. The number of fused-ring (bicyclic) bond motifs is 1. The van der Waals surface area contributed by atoms with Gasteiger partial charge in [0.2, 0.25) is 0 Å². The molecule has 1 fully saturated rings. The van der Waals surface area contributed by atoms with E-state index in [9.17, 15) is 0 Å². The minimum absolute atomic E-state index is 0.773. The fourth-order valence-electron chi connectivity index (χ4n) is 2.66. The highest BCUT2D eigenvalue weighted by Crippen LogP contribution is 2.31. The number of hydrogen-bond donors (Lipinski definition) is 2. The zero-order valence-corrected chi connectivity index (χ0v) is 12.9. The second kappa shape index (κ2) is 5.55. The molecule has 3 heterocycles. The van der Waals surface area contributed by atoms with Crippen molar-refractivity contribution in [1.29, 1.82) is 0 Å². The number of rotatable bonds is 2. The van der Waals surface area contributed by atoms with Gasteiger partial charge >= 0.3 is 0 Å². The number of nitrogens with two attached hydrogens (primary N) is 1. The number of benzene rings is 1. The molecule has 1 aliphatic heterocycles. The van der Waals surface area contributed by atoms with Crippen LogP contribution in [0.3, 0.4) is 0 Å². The van der Waals surface area contributed by atoms with Gasteiger partial charge in [0.15, 0.2) is 0 Å². The lowest BCUT2D eigenvalue weighted by molar-refractivity contribution is 0.585. The summed E-state index contributed by atoms with van der Waals surface area (Å²) in [7, 11) is 0. The summed E-state index contributed by atoms with van der Waals surface area (Å²) >= 11 is 1.65. The van der Waals surface area contributed by atoms with Gasteiger partial charge in [-0.15, -0.1) is 11.3 Å². The van der Waals surface area contributed by atoms with Crippen molar-refractivity contribution < 1.29 is 0 Å². The van der Waals surface area contributed by atoms with E-state index in [0.717, 1.165) is 58.5 Å². The smallest absolute Gasteiger partial charge is 0.128 e. The molecule has 6 heteroatoms. The van der Waals surface area contributed by atoms with Crippen molar-refractivity contribution in [3.05, 3.63) is 36.5 Å². The summed E-state index contributed by atoms with van der Waals surface area (Å²) in [6, 6.07) is 10.0. The molecule has 0 radical (unpaired) electrons. The molecule has 5 nitrogen and oxygen atoms in total. The fourth-order valence-corrected chi connectivity index (χ4v) is 3.66. The highest BCUT2D eigenvalue weighted by Gasteiger charge is 2.12. The van der Waals surface area contributed by atoms with E-state index < -0.39 is 0 Å². The Bertz CT molecular complexity index is 790. The van der Waals surface area contributed by atoms with Gasteiger partial charge in [-0.05, 0) is 30.3 Å². The van der Waals surface area contributed by atoms with Crippen molar-refractivity contribution in [3.8, 4) is 10.6 Å². The molecule has 0 atom stereocenters. The molecule has 2 aromatic heterocycles. The molecule has 4 rings (SSSR count). The highest BCUT2D eigenvalue weighted by molar-refractivity contribution is 7.21. The van der Waals surface area contributed by atoms with E-state index in [1.807, 2.05) is 24.4 Å². The SMILES string of the molecule is Nc1ccc2nc(-c3ccc(N4CCNCC4)nc3)sc2c1. The van der Waals surface area contributed by atoms with Crippen LogP contribution in [-0.4, -0.2) is 36.1 Å². The summed E-state index contributed by atoms with van der Waals surface area (Å²) in [5.41, 5.74) is 8.64. The quantitative estimate of drug-likeness (QED) is 0.711. The number of piperazine rings is 1. The van der Waals surface area contributed by atoms with Crippen LogP contribution < -0.4 is 16.0 Å². The Morgan fingerprint density at radius 1 is 1.14 bits per heavy atom. The van der Waals surface area contributed by atoms with Crippen LogP contribution in [0.4, 0.5) is 11.5 Å². The number of aromatic nitrogens is 2. The third kappa shape index (κ3) is 2.51. The predicted octanol–water partition coefficient (Wildman–Crippen LogP) is 2.35. The number of hydrogen-bond acceptors (Lipinski definition) is 6. The minimum atomic E-state index is 0.773. The second-order valence-electron chi connectivity index (χ2n) is 5.39. The summed E-state index contributed by atoms with van der Waals surface area (Å²) in [5, 5.41) is 4.34. The van der Waals surface area contributed by atoms with E-state index in [1.54, 1.807) is 11.3 Å². The molecule has 0 spiro atoms. The molecule has 112 valence electrons. The van der Waals surface area contributed by atoms with Gasteiger partial charge in [-0.1, -0.05) is 0 Å². The number of nitrogen functional groups attached to an aromatic ring is 1. The molecule has 3 aromatic rings. The van der Waals surface area contributed by atoms with Gasteiger partial charge in [-0.25, -0.2) is 9.97 Å². The Kier molecular flexibility index (Phi) is 3.40. The Balaban J connectivity index is 1.63. The van der Waals surface area contributed by atoms with Crippen LogP contribution in [0.15, 0.2) is 36.5 Å². The topological polar surface area (TPSA) is 67.1 Å². The Morgan fingerprint density at radius 3 is 2.77 bits per heavy atom. The second-order valence-corrected chi connectivity index (χ2v) is 6.42. The number of thiazole rings is 1. The summed E-state index contributed by atoms with van der Waals surface area (Å²) in [6.07, 6.45) is 1.92. The first-order valence-corrected chi connectivity index (χ1v) is 8.19. The molecule has 0 bridgehead atoms. The molecule has 1 aromatic carbocycles. The van der Waals surface area contributed by atoms with Gasteiger partial charge in [-0.3, -0.25) is 0 Å².